The third kappa shape index (κ3) is 4.67. The normalized spacial score (nSPS) is 18.1. The van der Waals surface area contributed by atoms with Gasteiger partial charge in [0.2, 0.25) is 0 Å². The third-order valence-corrected chi connectivity index (χ3v) is 8.92. The van der Waals surface area contributed by atoms with Crippen molar-refractivity contribution in [2.45, 2.75) is 50.5 Å². The lowest BCUT2D eigenvalue weighted by Crippen LogP contribution is -2.00. The molecule has 2 unspecified atom stereocenters. The Bertz CT molecular complexity index is 1820. The average molecular weight is 588 g/mol. The molecule has 0 aliphatic heterocycles. The van der Waals surface area contributed by atoms with E-state index >= 15 is 0 Å². The Morgan fingerprint density at radius 2 is 1.88 bits per heavy atom. The van der Waals surface area contributed by atoms with Crippen molar-refractivity contribution in [3.05, 3.63) is 98.4 Å². The van der Waals surface area contributed by atoms with Crippen LogP contribution in [-0.4, -0.2) is 26.0 Å². The van der Waals surface area contributed by atoms with E-state index in [1.807, 2.05) is 24.3 Å². The highest BCUT2D eigenvalue weighted by Crippen LogP contribution is 2.56. The van der Waals surface area contributed by atoms with Crippen molar-refractivity contribution in [3.63, 3.8) is 0 Å². The molecule has 2 aliphatic carbocycles. The van der Waals surface area contributed by atoms with E-state index in [1.54, 1.807) is 23.9 Å². The number of benzene rings is 3. The number of carbonyl (C=O) groups is 1. The van der Waals surface area contributed by atoms with Gasteiger partial charge < -0.3 is 14.4 Å². The van der Waals surface area contributed by atoms with Gasteiger partial charge in [-0.05, 0) is 85.0 Å². The number of aromatic carboxylic acids is 1. The molecule has 0 radical (unpaired) electrons. The number of nitrogens with zero attached hydrogens (tertiary/aromatic N) is 3. The SMILES string of the molecule is Cc1cc(OCc2c(-c3c(Cl)cccc3Cl)noc2C2CC2)ccc1C1CC1c1ccc2c(C(=O)O)nn(C)c2c1. The molecule has 2 aromatic heterocycles. The maximum Gasteiger partial charge on any atom is 0.357 e. The zero-order valence-corrected chi connectivity index (χ0v) is 24.0. The van der Waals surface area contributed by atoms with Gasteiger partial charge in [-0.25, -0.2) is 4.79 Å². The molecule has 2 aliphatic rings. The molecular weight excluding hydrogens is 561 g/mol. The fourth-order valence-electron chi connectivity index (χ4n) is 5.93. The molecule has 5 aromatic rings. The van der Waals surface area contributed by atoms with E-state index in [0.29, 0.717) is 51.0 Å². The zero-order valence-electron chi connectivity index (χ0n) is 22.5. The number of hydrogen-bond acceptors (Lipinski definition) is 5. The predicted molar refractivity (Wildman–Crippen MR) is 157 cm³/mol. The quantitative estimate of drug-likeness (QED) is 0.196. The smallest absolute Gasteiger partial charge is 0.357 e. The van der Waals surface area contributed by atoms with Gasteiger partial charge in [0.1, 0.15) is 23.8 Å². The zero-order chi connectivity index (χ0) is 28.4. The summed E-state index contributed by atoms with van der Waals surface area (Å²) < 4.78 is 13.7. The molecular formula is C32H27Cl2N3O4. The summed E-state index contributed by atoms with van der Waals surface area (Å²) in [5.74, 6) is 1.76. The van der Waals surface area contributed by atoms with Crippen LogP contribution >= 0.6 is 23.2 Å². The highest BCUT2D eigenvalue weighted by atomic mass is 35.5. The van der Waals surface area contributed by atoms with Crippen molar-refractivity contribution in [1.82, 2.24) is 14.9 Å². The Balaban J connectivity index is 1.10. The number of aromatic nitrogens is 3. The van der Waals surface area contributed by atoms with Crippen LogP contribution in [0.4, 0.5) is 0 Å². The fourth-order valence-corrected chi connectivity index (χ4v) is 6.50. The number of aryl methyl sites for hydroxylation is 2. The van der Waals surface area contributed by atoms with Crippen LogP contribution in [0.1, 0.15) is 75.5 Å². The van der Waals surface area contributed by atoms with Gasteiger partial charge in [-0.3, -0.25) is 4.68 Å². The van der Waals surface area contributed by atoms with E-state index in [1.165, 1.54) is 16.7 Å². The molecule has 0 spiro atoms. The highest BCUT2D eigenvalue weighted by Gasteiger charge is 2.40. The first kappa shape index (κ1) is 26.1. The van der Waals surface area contributed by atoms with Crippen LogP contribution in [0.15, 0.2) is 59.1 Å². The van der Waals surface area contributed by atoms with Crippen molar-refractivity contribution in [1.29, 1.82) is 0 Å². The van der Waals surface area contributed by atoms with E-state index < -0.39 is 5.97 Å². The van der Waals surface area contributed by atoms with Crippen LogP contribution in [-0.2, 0) is 13.7 Å². The first-order chi connectivity index (χ1) is 19.8. The van der Waals surface area contributed by atoms with Gasteiger partial charge >= 0.3 is 5.97 Å². The minimum Gasteiger partial charge on any atom is -0.489 e. The summed E-state index contributed by atoms with van der Waals surface area (Å²) in [6.45, 7) is 2.42. The van der Waals surface area contributed by atoms with E-state index in [4.69, 9.17) is 32.5 Å². The number of carboxylic acid groups (broad SMARTS) is 1. The summed E-state index contributed by atoms with van der Waals surface area (Å²) in [6, 6.07) is 17.7. The van der Waals surface area contributed by atoms with Gasteiger partial charge in [-0.1, -0.05) is 52.6 Å². The fraction of sp³-hybridized carbons (Fsp3) is 0.281. The Hall–Kier alpha value is -3.81. The molecule has 7 rings (SSSR count). The maximum absolute atomic E-state index is 11.5. The van der Waals surface area contributed by atoms with Crippen molar-refractivity contribution < 1.29 is 19.2 Å². The molecule has 3 aromatic carbocycles. The second kappa shape index (κ2) is 9.93. The second-order valence-electron chi connectivity index (χ2n) is 11.1. The van der Waals surface area contributed by atoms with Gasteiger partial charge in [0.25, 0.3) is 0 Å². The van der Waals surface area contributed by atoms with Crippen molar-refractivity contribution in [3.8, 4) is 17.0 Å². The first-order valence-electron chi connectivity index (χ1n) is 13.7. The molecule has 2 atom stereocenters. The maximum atomic E-state index is 11.5. The first-order valence-corrected chi connectivity index (χ1v) is 14.4. The molecule has 2 saturated carbocycles. The molecule has 0 bridgehead atoms. The van der Waals surface area contributed by atoms with Crippen LogP contribution in [0.3, 0.4) is 0 Å². The second-order valence-corrected chi connectivity index (χ2v) is 11.9. The van der Waals surface area contributed by atoms with E-state index in [9.17, 15) is 9.90 Å². The molecule has 0 amide bonds. The van der Waals surface area contributed by atoms with Gasteiger partial charge in [-0.2, -0.15) is 5.10 Å². The summed E-state index contributed by atoms with van der Waals surface area (Å²) in [6.07, 6.45) is 3.19. The molecule has 2 heterocycles. The molecule has 1 N–H and O–H groups in total. The van der Waals surface area contributed by atoms with Gasteiger partial charge in [0, 0.05) is 23.9 Å². The Kier molecular flexibility index (Phi) is 6.32. The van der Waals surface area contributed by atoms with Gasteiger partial charge in [0.05, 0.1) is 21.1 Å². The molecule has 7 nitrogen and oxygen atoms in total. The lowest BCUT2D eigenvalue weighted by Gasteiger charge is -2.12. The van der Waals surface area contributed by atoms with Crippen LogP contribution < -0.4 is 4.74 Å². The summed E-state index contributed by atoms with van der Waals surface area (Å²) in [7, 11) is 1.78. The van der Waals surface area contributed by atoms with Crippen molar-refractivity contribution in [2.24, 2.45) is 7.05 Å². The summed E-state index contributed by atoms with van der Waals surface area (Å²) in [5, 5.41) is 19.7. The Morgan fingerprint density at radius 3 is 2.59 bits per heavy atom. The summed E-state index contributed by atoms with van der Waals surface area (Å²) in [5.41, 5.74) is 6.79. The number of ether oxygens (including phenoxy) is 1. The summed E-state index contributed by atoms with van der Waals surface area (Å²) in [4.78, 5) is 11.5. The number of carboxylic acids is 1. The predicted octanol–water partition coefficient (Wildman–Crippen LogP) is 8.27. The van der Waals surface area contributed by atoms with Crippen LogP contribution in [0.2, 0.25) is 10.0 Å². The minimum atomic E-state index is -1.01. The lowest BCUT2D eigenvalue weighted by atomic mass is 9.99. The summed E-state index contributed by atoms with van der Waals surface area (Å²) >= 11 is 13.0. The molecule has 0 saturated heterocycles. The average Bonchev–Trinajstić information content (AvgIpc) is 3.87. The molecule has 9 heteroatoms. The lowest BCUT2D eigenvalue weighted by molar-refractivity contribution is 0.0691. The molecule has 2 fully saturated rings. The topological polar surface area (TPSA) is 90.4 Å². The number of halogens is 2. The van der Waals surface area contributed by atoms with Gasteiger partial charge in [-0.15, -0.1) is 0 Å². The van der Waals surface area contributed by atoms with Crippen LogP contribution in [0.5, 0.6) is 5.75 Å². The molecule has 41 heavy (non-hydrogen) atoms. The number of fused-ring (bicyclic) bond motifs is 1. The largest absolute Gasteiger partial charge is 0.489 e. The minimum absolute atomic E-state index is 0.0883. The van der Waals surface area contributed by atoms with E-state index in [2.05, 4.69) is 35.4 Å². The standard InChI is InChI=1S/C32H27Cl2N3O4/c1-16-12-19(40-15-24-29(36-41-31(24)17-6-7-17)28-25(33)4-3-5-26(28)34)9-11-20(16)23-14-22(23)18-8-10-21-27(13-18)37(2)35-30(21)32(38)39/h3-5,8-13,17,22-23H,6-7,14-15H2,1-2H3,(H,38,39). The molecule has 208 valence electrons. The third-order valence-electron chi connectivity index (χ3n) is 8.29. The van der Waals surface area contributed by atoms with Crippen LogP contribution in [0, 0.1) is 6.92 Å². The number of hydrogen-bond donors (Lipinski definition) is 1. The highest BCUT2D eigenvalue weighted by molar-refractivity contribution is 6.39. The van der Waals surface area contributed by atoms with Crippen molar-refractivity contribution >= 4 is 40.1 Å². The Morgan fingerprint density at radius 1 is 1.10 bits per heavy atom. The Labute approximate surface area is 246 Å². The van der Waals surface area contributed by atoms with Crippen LogP contribution in [0.25, 0.3) is 22.2 Å². The van der Waals surface area contributed by atoms with E-state index in [0.717, 1.165) is 41.9 Å². The van der Waals surface area contributed by atoms with E-state index in [-0.39, 0.29) is 5.69 Å². The monoisotopic (exact) mass is 587 g/mol. The number of rotatable bonds is 8. The van der Waals surface area contributed by atoms with Crippen molar-refractivity contribution in [2.75, 3.05) is 0 Å². The van der Waals surface area contributed by atoms with Gasteiger partial charge in [0.15, 0.2) is 5.69 Å².